The summed E-state index contributed by atoms with van der Waals surface area (Å²) in [4.78, 5) is 13.4. The first-order valence-corrected chi connectivity index (χ1v) is 6.93. The quantitative estimate of drug-likeness (QED) is 0.801. The lowest BCUT2D eigenvalue weighted by atomic mass is 9.90. The van der Waals surface area contributed by atoms with Gasteiger partial charge in [-0.25, -0.2) is 0 Å². The minimum absolute atomic E-state index is 0.0169. The molecule has 0 bridgehead atoms. The predicted octanol–water partition coefficient (Wildman–Crippen LogP) is 1.82. The molecule has 2 fully saturated rings. The molecule has 0 aliphatic carbocycles. The Balaban J connectivity index is 2.06. The first-order chi connectivity index (χ1) is 7.23. The molecule has 1 atom stereocenters. The Hall–Kier alpha value is -0.220. The van der Waals surface area contributed by atoms with E-state index in [0.29, 0.717) is 6.42 Å². The third kappa shape index (κ3) is 2.48. The van der Waals surface area contributed by atoms with Crippen LogP contribution in [-0.2, 0) is 4.79 Å². The van der Waals surface area contributed by atoms with Gasteiger partial charge in [-0.3, -0.25) is 9.69 Å². The highest BCUT2D eigenvalue weighted by Gasteiger charge is 2.41. The molecule has 3 nitrogen and oxygen atoms in total. The highest BCUT2D eigenvalue weighted by molar-refractivity contribution is 7.99. The molecule has 2 rings (SSSR count). The Bertz CT molecular complexity index is 233. The van der Waals surface area contributed by atoms with Crippen LogP contribution in [0.3, 0.4) is 0 Å². The van der Waals surface area contributed by atoms with Gasteiger partial charge in [-0.1, -0.05) is 6.42 Å². The normalized spacial score (nSPS) is 33.1. The van der Waals surface area contributed by atoms with E-state index in [1.165, 1.54) is 19.3 Å². The lowest BCUT2D eigenvalue weighted by Gasteiger charge is -2.42. The van der Waals surface area contributed by atoms with Gasteiger partial charge in [-0.05, 0) is 38.1 Å². The third-order valence-electron chi connectivity index (χ3n) is 3.59. The number of carboxylic acid groups (broad SMARTS) is 1. The van der Waals surface area contributed by atoms with Crippen molar-refractivity contribution in [1.29, 1.82) is 0 Å². The largest absolute Gasteiger partial charge is 0.481 e. The molecular weight excluding hydrogens is 210 g/mol. The molecule has 2 saturated heterocycles. The molecule has 86 valence electrons. The molecule has 0 saturated carbocycles. The molecule has 0 aromatic carbocycles. The number of hydrogen-bond donors (Lipinski definition) is 1. The van der Waals surface area contributed by atoms with Crippen LogP contribution in [0.5, 0.6) is 0 Å². The van der Waals surface area contributed by atoms with Crippen LogP contribution in [0.2, 0.25) is 0 Å². The van der Waals surface area contributed by atoms with E-state index >= 15 is 0 Å². The number of thioether (sulfide) groups is 1. The van der Waals surface area contributed by atoms with E-state index in [4.69, 9.17) is 5.11 Å². The number of piperidine rings is 1. The van der Waals surface area contributed by atoms with Gasteiger partial charge in [0.15, 0.2) is 0 Å². The van der Waals surface area contributed by atoms with E-state index in [9.17, 15) is 4.79 Å². The van der Waals surface area contributed by atoms with Crippen molar-refractivity contribution < 1.29 is 9.90 Å². The summed E-state index contributed by atoms with van der Waals surface area (Å²) in [5, 5.41) is 9.03. The van der Waals surface area contributed by atoms with Gasteiger partial charge in [-0.15, -0.1) is 0 Å². The maximum absolute atomic E-state index is 11.0. The van der Waals surface area contributed by atoms with Crippen molar-refractivity contribution >= 4 is 17.7 Å². The van der Waals surface area contributed by atoms with Crippen molar-refractivity contribution in [1.82, 2.24) is 4.90 Å². The van der Waals surface area contributed by atoms with E-state index in [-0.39, 0.29) is 5.54 Å². The number of carboxylic acids is 1. The molecule has 2 aliphatic heterocycles. The molecular formula is C11H19NO2S. The predicted molar refractivity (Wildman–Crippen MR) is 62.3 cm³/mol. The third-order valence-corrected chi connectivity index (χ3v) is 4.82. The first kappa shape index (κ1) is 11.3. The lowest BCUT2D eigenvalue weighted by Crippen LogP contribution is -2.52. The molecule has 1 unspecified atom stereocenters. The average molecular weight is 229 g/mol. The van der Waals surface area contributed by atoms with E-state index in [1.54, 1.807) is 0 Å². The minimum atomic E-state index is -0.636. The van der Waals surface area contributed by atoms with Crippen LogP contribution in [0.25, 0.3) is 0 Å². The molecule has 0 spiro atoms. The van der Waals surface area contributed by atoms with Crippen LogP contribution >= 0.6 is 11.8 Å². The molecule has 15 heavy (non-hydrogen) atoms. The van der Waals surface area contributed by atoms with Gasteiger partial charge in [0.25, 0.3) is 0 Å². The second-order valence-corrected chi connectivity index (χ2v) is 5.75. The van der Waals surface area contributed by atoms with Crippen molar-refractivity contribution in [2.45, 2.75) is 37.6 Å². The molecule has 1 N–H and O–H groups in total. The molecule has 2 aliphatic rings. The molecule has 0 aromatic heterocycles. The highest BCUT2D eigenvalue weighted by atomic mass is 32.2. The van der Waals surface area contributed by atoms with Gasteiger partial charge >= 0.3 is 5.97 Å². The summed E-state index contributed by atoms with van der Waals surface area (Å²) in [5.41, 5.74) is -0.0169. The maximum Gasteiger partial charge on any atom is 0.305 e. The molecule has 0 amide bonds. The van der Waals surface area contributed by atoms with Crippen LogP contribution in [0, 0.1) is 0 Å². The minimum Gasteiger partial charge on any atom is -0.481 e. The van der Waals surface area contributed by atoms with E-state index < -0.39 is 5.97 Å². The molecule has 2 heterocycles. The number of likely N-dealkylation sites (tertiary alicyclic amines) is 1. The van der Waals surface area contributed by atoms with Crippen LogP contribution in [0.4, 0.5) is 0 Å². The highest BCUT2D eigenvalue weighted by Crippen LogP contribution is 2.37. The molecule has 0 radical (unpaired) electrons. The van der Waals surface area contributed by atoms with Gasteiger partial charge in [0, 0.05) is 11.3 Å². The number of aliphatic carboxylic acids is 1. The van der Waals surface area contributed by atoms with Gasteiger partial charge in [0.1, 0.15) is 0 Å². The Kier molecular flexibility index (Phi) is 3.57. The van der Waals surface area contributed by atoms with Gasteiger partial charge in [0.2, 0.25) is 0 Å². The number of nitrogens with zero attached hydrogens (tertiary/aromatic N) is 1. The molecule has 4 heteroatoms. The SMILES string of the molecule is O=C(O)CC1(N2CCCCC2)CCSC1. The van der Waals surface area contributed by atoms with E-state index in [2.05, 4.69) is 4.90 Å². The fourth-order valence-electron chi connectivity index (χ4n) is 2.75. The smallest absolute Gasteiger partial charge is 0.305 e. The Morgan fingerprint density at radius 1 is 1.33 bits per heavy atom. The summed E-state index contributed by atoms with van der Waals surface area (Å²) < 4.78 is 0. The van der Waals surface area contributed by atoms with Gasteiger partial charge < -0.3 is 5.11 Å². The zero-order valence-electron chi connectivity index (χ0n) is 9.07. The zero-order chi connectivity index (χ0) is 10.7. The molecule has 0 aromatic rings. The van der Waals surface area contributed by atoms with Gasteiger partial charge in [0.05, 0.1) is 6.42 Å². The summed E-state index contributed by atoms with van der Waals surface area (Å²) in [7, 11) is 0. The number of hydrogen-bond acceptors (Lipinski definition) is 3. The van der Waals surface area contributed by atoms with Crippen molar-refractivity contribution in [3.63, 3.8) is 0 Å². The summed E-state index contributed by atoms with van der Waals surface area (Å²) in [6.07, 6.45) is 5.19. The van der Waals surface area contributed by atoms with Crippen LogP contribution in [0.15, 0.2) is 0 Å². The first-order valence-electron chi connectivity index (χ1n) is 5.78. The number of rotatable bonds is 3. The summed E-state index contributed by atoms with van der Waals surface area (Å²) >= 11 is 1.91. The van der Waals surface area contributed by atoms with Crippen molar-refractivity contribution in [2.75, 3.05) is 24.6 Å². The Labute approximate surface area is 95.2 Å². The maximum atomic E-state index is 11.0. The van der Waals surface area contributed by atoms with Crippen molar-refractivity contribution in [3.8, 4) is 0 Å². The van der Waals surface area contributed by atoms with E-state index in [0.717, 1.165) is 31.0 Å². The standard InChI is InChI=1S/C11H19NO2S/c13-10(14)8-11(4-7-15-9-11)12-5-2-1-3-6-12/h1-9H2,(H,13,14). The summed E-state index contributed by atoms with van der Waals surface area (Å²) in [6.45, 7) is 2.21. The topological polar surface area (TPSA) is 40.5 Å². The summed E-state index contributed by atoms with van der Waals surface area (Å²) in [5.74, 6) is 1.51. The van der Waals surface area contributed by atoms with E-state index in [1.807, 2.05) is 11.8 Å². The summed E-state index contributed by atoms with van der Waals surface area (Å²) in [6, 6.07) is 0. The Morgan fingerprint density at radius 2 is 2.07 bits per heavy atom. The number of carbonyl (C=O) groups is 1. The monoisotopic (exact) mass is 229 g/mol. The second-order valence-electron chi connectivity index (χ2n) is 4.65. The zero-order valence-corrected chi connectivity index (χ0v) is 9.89. The van der Waals surface area contributed by atoms with Crippen molar-refractivity contribution in [2.24, 2.45) is 0 Å². The fraction of sp³-hybridized carbons (Fsp3) is 0.909. The van der Waals surface area contributed by atoms with Crippen LogP contribution in [0.1, 0.15) is 32.1 Å². The van der Waals surface area contributed by atoms with Crippen LogP contribution < -0.4 is 0 Å². The van der Waals surface area contributed by atoms with Gasteiger partial charge in [-0.2, -0.15) is 11.8 Å². The average Bonchev–Trinajstić information content (AvgIpc) is 2.68. The Morgan fingerprint density at radius 3 is 2.60 bits per heavy atom. The fourth-order valence-corrected chi connectivity index (χ4v) is 4.22. The van der Waals surface area contributed by atoms with Crippen LogP contribution in [-0.4, -0.2) is 46.1 Å². The van der Waals surface area contributed by atoms with Crippen molar-refractivity contribution in [3.05, 3.63) is 0 Å². The lowest BCUT2D eigenvalue weighted by molar-refractivity contribution is -0.140. The second kappa shape index (κ2) is 4.74.